The van der Waals surface area contributed by atoms with Crippen molar-refractivity contribution in [2.75, 3.05) is 33.0 Å². The average molecular weight is 544 g/mol. The summed E-state index contributed by atoms with van der Waals surface area (Å²) in [7, 11) is 0. The van der Waals surface area contributed by atoms with E-state index in [-0.39, 0.29) is 32.7 Å². The first-order valence-electron chi connectivity index (χ1n) is 5.97. The zero-order valence-corrected chi connectivity index (χ0v) is 13.4. The van der Waals surface area contributed by atoms with Crippen LogP contribution in [0.1, 0.15) is 12.8 Å². The molecule has 10 heteroatoms. The zero-order valence-electron chi connectivity index (χ0n) is 11.0. The normalized spacial score (nSPS) is 13.8. The summed E-state index contributed by atoms with van der Waals surface area (Å²) in [6.45, 7) is 0.628. The van der Waals surface area contributed by atoms with Gasteiger partial charge in [0.25, 0.3) is 11.8 Å². The predicted octanol–water partition coefficient (Wildman–Crippen LogP) is -1.72. The van der Waals surface area contributed by atoms with Gasteiger partial charge in [-0.3, -0.25) is 9.59 Å². The Balaban J connectivity index is 0.00000400. The Morgan fingerprint density at radius 2 is 1.76 bits per heavy atom. The van der Waals surface area contributed by atoms with Gasteiger partial charge in [-0.2, -0.15) is 6.41 Å². The molecule has 0 radical (unpaired) electrons. The van der Waals surface area contributed by atoms with Gasteiger partial charge in [0, 0.05) is 19.4 Å². The van der Waals surface area contributed by atoms with E-state index in [2.05, 4.69) is 10.2 Å². The number of hydrogen-bond donors (Lipinski definition) is 1. The minimum Gasteiger partial charge on any atom is -0.528 e. The van der Waals surface area contributed by atoms with Gasteiger partial charge >= 0.3 is 5.97 Å². The summed E-state index contributed by atoms with van der Waals surface area (Å²) in [5.41, 5.74) is 0. The number of nitrogens with zero attached hydrogens (tertiary/aromatic N) is 1. The van der Waals surface area contributed by atoms with Gasteiger partial charge in [-0.1, -0.05) is 0 Å². The molecular formula is C11H15FmN2O7-. The Morgan fingerprint density at radius 1 is 1.14 bits per heavy atom. The molecule has 0 atom stereocenters. The van der Waals surface area contributed by atoms with Crippen molar-refractivity contribution in [1.29, 1.82) is 0 Å². The summed E-state index contributed by atoms with van der Waals surface area (Å²) in [5.74, 6) is -1.90. The van der Waals surface area contributed by atoms with E-state index >= 15 is 0 Å². The van der Waals surface area contributed by atoms with Crippen LogP contribution in [0.5, 0.6) is 0 Å². The fraction of sp³-hybridized carbons (Fsp3) is 0.636. The maximum atomic E-state index is 11.3. The minimum absolute atomic E-state index is 0. The number of hydroxylamine groups is 2. The molecule has 9 nitrogen and oxygen atoms in total. The van der Waals surface area contributed by atoms with Crippen molar-refractivity contribution in [1.82, 2.24) is 10.4 Å². The zero-order chi connectivity index (χ0) is 14.8. The fourth-order valence-corrected chi connectivity index (χ4v) is 1.34. The summed E-state index contributed by atoms with van der Waals surface area (Å²) in [6, 6.07) is 0. The van der Waals surface area contributed by atoms with Gasteiger partial charge < -0.3 is 24.4 Å². The Morgan fingerprint density at radius 3 is 2.38 bits per heavy atom. The van der Waals surface area contributed by atoms with Gasteiger partial charge in [0.15, 0.2) is 0 Å². The number of ether oxygens (including phenoxy) is 2. The third-order valence-corrected chi connectivity index (χ3v) is 2.23. The SMILES string of the molecule is O=[C-]NCCOCCOCC(=O)ON1C(=O)CCC1=O.[Fm]. The molecular weight excluding hydrogens is 529 g/mol. The van der Waals surface area contributed by atoms with Crippen LogP contribution in [0.25, 0.3) is 0 Å². The van der Waals surface area contributed by atoms with Crippen molar-refractivity contribution in [2.24, 2.45) is 0 Å². The summed E-state index contributed by atoms with van der Waals surface area (Å²) < 4.78 is 9.98. The summed E-state index contributed by atoms with van der Waals surface area (Å²) >= 11 is 0. The average Bonchev–Trinajstić information content (AvgIpc) is 2.73. The summed E-state index contributed by atoms with van der Waals surface area (Å²) in [6.07, 6.45) is 1.59. The van der Waals surface area contributed by atoms with Gasteiger partial charge in [0.05, 0.1) is 19.8 Å². The van der Waals surface area contributed by atoms with Crippen LogP contribution in [0, 0.1) is 0 Å². The molecule has 0 aromatic rings. The molecule has 1 rings (SSSR count). The molecule has 1 N–H and O–H groups in total. The van der Waals surface area contributed by atoms with Crippen molar-refractivity contribution in [3.63, 3.8) is 0 Å². The van der Waals surface area contributed by atoms with Crippen molar-refractivity contribution in [2.45, 2.75) is 12.8 Å². The van der Waals surface area contributed by atoms with E-state index in [0.29, 0.717) is 18.2 Å². The molecule has 0 aliphatic carbocycles. The Labute approximate surface area is 115 Å². The Kier molecular flexibility index (Phi) is 8.46. The molecule has 0 saturated carbocycles. The number of nitrogens with one attached hydrogen (secondary N) is 1. The second-order valence-electron chi connectivity index (χ2n) is 3.74. The molecule has 0 aromatic carbocycles. The first-order chi connectivity index (χ1) is 9.65. The molecule has 3 amide bonds. The molecule has 21 heavy (non-hydrogen) atoms. The van der Waals surface area contributed by atoms with Crippen molar-refractivity contribution in [3.05, 3.63) is 0 Å². The van der Waals surface area contributed by atoms with E-state index in [1.54, 1.807) is 0 Å². The van der Waals surface area contributed by atoms with Crippen LogP contribution in [-0.2, 0) is 33.5 Å². The molecule has 1 heterocycles. The largest absolute Gasteiger partial charge is 0.528 e. The Bertz CT molecular complexity index is 362. The molecule has 0 aromatic heterocycles. The number of carbonyl (C=O) groups excluding carboxylic acids is 4. The van der Waals surface area contributed by atoms with Crippen molar-refractivity contribution >= 4 is 24.2 Å². The standard InChI is InChI=1S/C11H15N2O7.Fm/c14-8-12-3-4-18-5-6-19-7-11(17)20-13-9(15)1-2-10(13)16;/h1-7H2,(H,12,14);/q-1;. The minimum atomic E-state index is -0.828. The van der Waals surface area contributed by atoms with Crippen molar-refractivity contribution < 1.29 is 33.5 Å². The number of amides is 3. The topological polar surface area (TPSA) is 111 Å². The molecule has 0 bridgehead atoms. The number of hydrogen-bond acceptors (Lipinski definition) is 7. The van der Waals surface area contributed by atoms with Crippen LogP contribution in [0.2, 0.25) is 0 Å². The molecule has 124 valence electrons. The molecule has 1 saturated heterocycles. The van der Waals surface area contributed by atoms with Gasteiger partial charge in [-0.25, -0.2) is 4.79 Å². The van der Waals surface area contributed by atoms with Gasteiger partial charge in [-0.05, 0) is 0 Å². The first-order valence-corrected chi connectivity index (χ1v) is 5.97. The van der Waals surface area contributed by atoms with Crippen LogP contribution < -0.4 is 5.32 Å². The van der Waals surface area contributed by atoms with Crippen molar-refractivity contribution in [3.8, 4) is 0 Å². The third-order valence-electron chi connectivity index (χ3n) is 2.23. The monoisotopic (exact) mass is 544 g/mol. The maximum Gasteiger partial charge on any atom is 0.358 e. The van der Waals surface area contributed by atoms with Crippen LogP contribution in [0.15, 0.2) is 0 Å². The third kappa shape index (κ3) is 6.64. The smallest absolute Gasteiger partial charge is 0.358 e. The van der Waals surface area contributed by atoms with Crippen LogP contribution in [0.3, 0.4) is 0 Å². The molecule has 1 fully saturated rings. The van der Waals surface area contributed by atoms with E-state index in [1.807, 2.05) is 0 Å². The fourth-order valence-electron chi connectivity index (χ4n) is 1.34. The van der Waals surface area contributed by atoms with Gasteiger partial charge in [0.2, 0.25) is 0 Å². The van der Waals surface area contributed by atoms with Gasteiger partial charge in [-0.15, -0.1) is 5.06 Å². The van der Waals surface area contributed by atoms with E-state index in [4.69, 9.17) is 9.47 Å². The van der Waals surface area contributed by atoms with Crippen LogP contribution >= 0.6 is 0 Å². The van der Waals surface area contributed by atoms with Crippen LogP contribution in [-0.4, -0.2) is 62.2 Å². The number of imide groups is 1. The summed E-state index contributed by atoms with van der Waals surface area (Å²) in [5, 5.41) is 2.75. The Hall–Kier alpha value is -3.00. The van der Waals surface area contributed by atoms with E-state index in [1.165, 1.54) is 6.41 Å². The number of carbonyl (C=O) groups is 3. The molecule has 1 aliphatic rings. The first kappa shape index (κ1) is 18.0. The number of rotatable bonds is 10. The quantitative estimate of drug-likeness (QED) is 0.151. The van der Waals surface area contributed by atoms with E-state index < -0.39 is 17.8 Å². The maximum absolute atomic E-state index is 11.3. The molecule has 0 unspecified atom stereocenters. The summed E-state index contributed by atoms with van der Waals surface area (Å²) in [4.78, 5) is 47.9. The second kappa shape index (κ2) is 9.87. The van der Waals surface area contributed by atoms with Crippen LogP contribution in [0.4, 0.5) is 0 Å². The van der Waals surface area contributed by atoms with E-state index in [0.717, 1.165) is 0 Å². The van der Waals surface area contributed by atoms with Gasteiger partial charge in [0.1, 0.15) is 6.61 Å². The van der Waals surface area contributed by atoms with E-state index in [9.17, 15) is 19.2 Å². The molecule has 1 aliphatic heterocycles. The second-order valence-corrected chi connectivity index (χ2v) is 3.74. The molecule has 0 spiro atoms. The predicted molar refractivity (Wildman–Crippen MR) is 62.5 cm³/mol.